The number of fused-ring (bicyclic) bond motifs is 5. The number of phenolic OH excluding ortho intramolecular Hbond substituents is 1. The average Bonchev–Trinajstić information content (AvgIpc) is 3.30. The first kappa shape index (κ1) is 24.0. The van der Waals surface area contributed by atoms with Crippen molar-refractivity contribution in [2.45, 2.75) is 33.2 Å². The van der Waals surface area contributed by atoms with Crippen LogP contribution in [-0.4, -0.2) is 42.2 Å². The van der Waals surface area contributed by atoms with E-state index in [-0.39, 0.29) is 17.2 Å². The van der Waals surface area contributed by atoms with Crippen LogP contribution in [0.4, 0.5) is 5.69 Å². The first-order valence-electron chi connectivity index (χ1n) is 11.9. The molecule has 0 aliphatic carbocycles. The topological polar surface area (TPSA) is 71.0 Å². The van der Waals surface area contributed by atoms with Crippen molar-refractivity contribution in [3.05, 3.63) is 63.4 Å². The molecule has 3 aromatic rings. The van der Waals surface area contributed by atoms with Crippen molar-refractivity contribution in [1.82, 2.24) is 4.90 Å². The van der Waals surface area contributed by atoms with Gasteiger partial charge in [0.25, 0.3) is 5.91 Å². The van der Waals surface area contributed by atoms with Gasteiger partial charge in [-0.25, -0.2) is 0 Å². The Bertz CT molecular complexity index is 1450. The number of rotatable bonds is 4. The van der Waals surface area contributed by atoms with Crippen molar-refractivity contribution in [2.24, 2.45) is 0 Å². The summed E-state index contributed by atoms with van der Waals surface area (Å²) in [6.45, 7) is 8.95. The predicted octanol–water partition coefficient (Wildman–Crippen LogP) is 6.72. The van der Waals surface area contributed by atoms with Crippen molar-refractivity contribution in [2.75, 3.05) is 26.0 Å². The van der Waals surface area contributed by atoms with E-state index in [0.29, 0.717) is 34.9 Å². The first-order chi connectivity index (χ1) is 17.1. The molecule has 36 heavy (non-hydrogen) atoms. The van der Waals surface area contributed by atoms with Crippen molar-refractivity contribution in [3.8, 4) is 28.4 Å². The molecular weight excluding hydrogens is 472 g/mol. The minimum atomic E-state index is -0.198. The molecule has 1 aromatic heterocycles. The molecule has 7 heteroatoms. The van der Waals surface area contributed by atoms with Gasteiger partial charge in [-0.2, -0.15) is 0 Å². The maximum Gasteiger partial charge on any atom is 0.255 e. The maximum atomic E-state index is 13.0. The number of ether oxygens (including phenoxy) is 2. The van der Waals surface area contributed by atoms with Gasteiger partial charge in [0.15, 0.2) is 11.5 Å². The van der Waals surface area contributed by atoms with E-state index < -0.39 is 0 Å². The van der Waals surface area contributed by atoms with Gasteiger partial charge in [-0.3, -0.25) is 4.79 Å². The van der Waals surface area contributed by atoms with E-state index in [1.54, 1.807) is 31.2 Å². The molecule has 2 aromatic carbocycles. The number of amides is 1. The number of nitrogens with one attached hydrogen (secondary N) is 1. The zero-order valence-electron chi connectivity index (χ0n) is 21.4. The van der Waals surface area contributed by atoms with E-state index >= 15 is 0 Å². The Kier molecular flexibility index (Phi) is 5.83. The van der Waals surface area contributed by atoms with E-state index in [1.165, 1.54) is 11.3 Å². The molecule has 0 atom stereocenters. The number of thiophene rings is 1. The number of carbonyl (C=O) groups is 1. The van der Waals surface area contributed by atoms with Crippen LogP contribution in [0.25, 0.3) is 28.5 Å². The smallest absolute Gasteiger partial charge is 0.255 e. The highest BCUT2D eigenvalue weighted by Gasteiger charge is 2.33. The van der Waals surface area contributed by atoms with Crippen LogP contribution in [0.15, 0.2) is 41.8 Å². The van der Waals surface area contributed by atoms with Crippen LogP contribution in [-0.2, 0) is 0 Å². The number of methoxy groups -OCH3 is 1. The van der Waals surface area contributed by atoms with Gasteiger partial charge >= 0.3 is 0 Å². The van der Waals surface area contributed by atoms with Crippen LogP contribution >= 0.6 is 11.3 Å². The van der Waals surface area contributed by atoms with Crippen molar-refractivity contribution < 1.29 is 19.4 Å². The second-order valence-electron chi connectivity index (χ2n) is 9.70. The van der Waals surface area contributed by atoms with Gasteiger partial charge in [0.05, 0.1) is 23.8 Å². The fourth-order valence-corrected chi connectivity index (χ4v) is 5.83. The molecule has 2 aliphatic heterocycles. The molecular formula is C29H30N2O4S. The predicted molar refractivity (Wildman–Crippen MR) is 147 cm³/mol. The van der Waals surface area contributed by atoms with Crippen LogP contribution < -0.4 is 14.8 Å². The summed E-state index contributed by atoms with van der Waals surface area (Å²) in [6.07, 6.45) is 4.16. The first-order valence-corrected chi connectivity index (χ1v) is 12.8. The van der Waals surface area contributed by atoms with E-state index in [0.717, 1.165) is 32.8 Å². The van der Waals surface area contributed by atoms with Gasteiger partial charge in [-0.15, -0.1) is 11.3 Å². The van der Waals surface area contributed by atoms with Crippen molar-refractivity contribution in [3.63, 3.8) is 0 Å². The number of phenols is 1. The monoisotopic (exact) mass is 502 g/mol. The van der Waals surface area contributed by atoms with Crippen LogP contribution in [0.1, 0.15) is 54.1 Å². The number of hydrogen-bond acceptors (Lipinski definition) is 6. The van der Waals surface area contributed by atoms with Gasteiger partial charge in [-0.1, -0.05) is 12.1 Å². The number of hydrogen-bond donors (Lipinski definition) is 2. The molecule has 0 spiro atoms. The molecule has 0 unspecified atom stereocenters. The summed E-state index contributed by atoms with van der Waals surface area (Å²) in [5.41, 5.74) is 6.11. The second-order valence-corrected chi connectivity index (χ2v) is 10.7. The van der Waals surface area contributed by atoms with E-state index in [2.05, 4.69) is 38.2 Å². The maximum absolute atomic E-state index is 13.0. The summed E-state index contributed by atoms with van der Waals surface area (Å²) in [5.74, 6) is 1.63. The highest BCUT2D eigenvalue weighted by molar-refractivity contribution is 7.11. The van der Waals surface area contributed by atoms with Crippen LogP contribution in [0.3, 0.4) is 0 Å². The molecule has 2 aliphatic rings. The molecule has 5 rings (SSSR count). The van der Waals surface area contributed by atoms with E-state index in [4.69, 9.17) is 9.47 Å². The number of allylic oxidation sites excluding steroid dienone is 1. The highest BCUT2D eigenvalue weighted by atomic mass is 32.1. The van der Waals surface area contributed by atoms with Crippen LogP contribution in [0.5, 0.6) is 17.2 Å². The Morgan fingerprint density at radius 1 is 1.19 bits per heavy atom. The number of anilines is 1. The largest absolute Gasteiger partial charge is 0.504 e. The normalized spacial score (nSPS) is 16.2. The van der Waals surface area contributed by atoms with Gasteiger partial charge < -0.3 is 24.8 Å². The summed E-state index contributed by atoms with van der Waals surface area (Å²) in [4.78, 5) is 15.5. The zero-order chi connectivity index (χ0) is 25.8. The average molecular weight is 503 g/mol. The fraction of sp³-hybridized carbons (Fsp3) is 0.276. The zero-order valence-corrected chi connectivity index (χ0v) is 22.2. The quantitative estimate of drug-likeness (QED) is 0.414. The van der Waals surface area contributed by atoms with Gasteiger partial charge in [-0.05, 0) is 69.0 Å². The van der Waals surface area contributed by atoms with E-state index in [9.17, 15) is 9.90 Å². The summed E-state index contributed by atoms with van der Waals surface area (Å²) in [5, 5.41) is 16.1. The fourth-order valence-electron chi connectivity index (χ4n) is 5.03. The molecule has 0 saturated heterocycles. The lowest BCUT2D eigenvalue weighted by molar-refractivity contribution is 0.0803. The lowest BCUT2D eigenvalue weighted by Crippen LogP contribution is -2.32. The molecule has 3 heterocycles. The second kappa shape index (κ2) is 8.75. The van der Waals surface area contributed by atoms with Gasteiger partial charge in [0.1, 0.15) is 11.5 Å². The molecule has 1 amide bonds. The standard InChI is InChI=1S/C29H30N2O4S/c1-7-31(5)28(33)17-12-13-36-23(17)14-22-25-18(26-21(35-22)11-10-20(32)27(26)34-6)8-9-19-24(25)16(2)15-29(3,4)30-19/h8-15,30,32H,7H2,1-6H3/b22-14-. The van der Waals surface area contributed by atoms with Crippen LogP contribution in [0, 0.1) is 0 Å². The molecule has 0 radical (unpaired) electrons. The highest BCUT2D eigenvalue weighted by Crippen LogP contribution is 2.54. The third-order valence-corrected chi connectivity index (χ3v) is 7.54. The SMILES string of the molecule is CCN(C)C(=O)c1ccsc1/C=C1\Oc2ccc(O)c(OC)c2-c2ccc3c(c21)C(C)=CC(C)(C)N3. The molecule has 6 nitrogen and oxygen atoms in total. The molecule has 0 bridgehead atoms. The summed E-state index contributed by atoms with van der Waals surface area (Å²) in [7, 11) is 3.35. The lowest BCUT2D eigenvalue weighted by atomic mass is 9.83. The number of aromatic hydroxyl groups is 1. The number of nitrogens with zero attached hydrogens (tertiary/aromatic N) is 1. The lowest BCUT2D eigenvalue weighted by Gasteiger charge is -2.35. The molecule has 2 N–H and O–H groups in total. The summed E-state index contributed by atoms with van der Waals surface area (Å²) >= 11 is 1.50. The Hall–Kier alpha value is -3.71. The van der Waals surface area contributed by atoms with Crippen LogP contribution in [0.2, 0.25) is 0 Å². The number of benzene rings is 2. The summed E-state index contributed by atoms with van der Waals surface area (Å²) in [6, 6.07) is 9.29. The molecule has 0 saturated carbocycles. The third-order valence-electron chi connectivity index (χ3n) is 6.68. The van der Waals surface area contributed by atoms with Gasteiger partial charge in [0.2, 0.25) is 0 Å². The minimum Gasteiger partial charge on any atom is -0.504 e. The van der Waals surface area contributed by atoms with Crippen molar-refractivity contribution in [1.29, 1.82) is 0 Å². The Balaban J connectivity index is 1.79. The Morgan fingerprint density at radius 3 is 2.69 bits per heavy atom. The van der Waals surface area contributed by atoms with Crippen molar-refractivity contribution >= 4 is 40.3 Å². The Labute approximate surface area is 215 Å². The van der Waals surface area contributed by atoms with E-state index in [1.807, 2.05) is 30.5 Å². The summed E-state index contributed by atoms with van der Waals surface area (Å²) < 4.78 is 12.1. The molecule has 0 fully saturated rings. The van der Waals surface area contributed by atoms with Gasteiger partial charge in [0, 0.05) is 40.8 Å². The third kappa shape index (κ3) is 3.84. The Morgan fingerprint density at radius 2 is 1.97 bits per heavy atom. The minimum absolute atomic E-state index is 0.0248. The molecule has 186 valence electrons. The number of carbonyl (C=O) groups excluding carboxylic acids is 1.